The number of nitrogens with two attached hydrogens (primary N) is 1. The topological polar surface area (TPSA) is 60.4 Å². The lowest BCUT2D eigenvalue weighted by Crippen LogP contribution is -2.29. The minimum absolute atomic E-state index is 0.0460. The fraction of sp³-hybridized carbons (Fsp3) is 0.286. The monoisotopic (exact) mass is 324 g/mol. The van der Waals surface area contributed by atoms with E-state index in [2.05, 4.69) is 21.4 Å². The summed E-state index contributed by atoms with van der Waals surface area (Å²) >= 11 is 3.48. The van der Waals surface area contributed by atoms with E-state index >= 15 is 0 Å². The maximum Gasteiger partial charge on any atom is 0.133 e. The molecule has 1 aromatic heterocycles. The second-order valence-corrected chi connectivity index (χ2v) is 5.21. The number of hydrazine groups is 1. The highest BCUT2D eigenvalue weighted by molar-refractivity contribution is 9.10. The molecule has 1 unspecified atom stereocenters. The zero-order valence-corrected chi connectivity index (χ0v) is 12.5. The van der Waals surface area contributed by atoms with E-state index in [1.165, 1.54) is 0 Å². The Hall–Kier alpha value is -1.30. The van der Waals surface area contributed by atoms with Crippen molar-refractivity contribution in [2.24, 2.45) is 5.84 Å². The van der Waals surface area contributed by atoms with Crippen molar-refractivity contribution in [1.29, 1.82) is 0 Å². The normalized spacial score (nSPS) is 12.4. The molecule has 0 aliphatic carbocycles. The van der Waals surface area contributed by atoms with Crippen molar-refractivity contribution in [2.45, 2.75) is 19.4 Å². The van der Waals surface area contributed by atoms with Gasteiger partial charge in [0.05, 0.1) is 23.9 Å². The highest BCUT2D eigenvalue weighted by Crippen LogP contribution is 2.28. The van der Waals surface area contributed by atoms with Crippen LogP contribution in [0.15, 0.2) is 39.4 Å². The molecule has 0 amide bonds. The number of rotatable bonds is 5. The van der Waals surface area contributed by atoms with Gasteiger partial charge in [-0.15, -0.1) is 0 Å². The molecule has 1 aromatic carbocycles. The van der Waals surface area contributed by atoms with Crippen LogP contribution in [0.5, 0.6) is 5.75 Å². The molecule has 19 heavy (non-hydrogen) atoms. The van der Waals surface area contributed by atoms with E-state index in [0.717, 1.165) is 33.5 Å². The quantitative estimate of drug-likeness (QED) is 0.655. The van der Waals surface area contributed by atoms with Crippen LogP contribution < -0.4 is 16.0 Å². The highest BCUT2D eigenvalue weighted by Gasteiger charge is 2.16. The van der Waals surface area contributed by atoms with E-state index < -0.39 is 0 Å². The first-order valence-corrected chi connectivity index (χ1v) is 6.77. The number of furan rings is 1. The number of benzene rings is 1. The first-order valence-electron chi connectivity index (χ1n) is 5.98. The van der Waals surface area contributed by atoms with Gasteiger partial charge in [0.1, 0.15) is 11.5 Å². The molecular weight excluding hydrogens is 308 g/mol. The predicted octanol–water partition coefficient (Wildman–Crippen LogP) is 3.11. The summed E-state index contributed by atoms with van der Waals surface area (Å²) in [6.45, 7) is 2.01. The summed E-state index contributed by atoms with van der Waals surface area (Å²) in [4.78, 5) is 0. The van der Waals surface area contributed by atoms with Gasteiger partial charge in [0, 0.05) is 0 Å². The third kappa shape index (κ3) is 3.18. The SMILES string of the molecule is COc1ccc(CC(NN)c2occc2C)cc1Br. The van der Waals surface area contributed by atoms with Crippen LogP contribution >= 0.6 is 15.9 Å². The minimum atomic E-state index is -0.0460. The lowest BCUT2D eigenvalue weighted by molar-refractivity contribution is 0.408. The molecule has 0 aliphatic heterocycles. The van der Waals surface area contributed by atoms with Crippen molar-refractivity contribution in [3.8, 4) is 5.75 Å². The number of hydrogen-bond donors (Lipinski definition) is 2. The van der Waals surface area contributed by atoms with Crippen LogP contribution in [0.1, 0.15) is 22.9 Å². The Morgan fingerprint density at radius 1 is 1.42 bits per heavy atom. The number of hydrogen-bond acceptors (Lipinski definition) is 4. The Balaban J connectivity index is 2.19. The van der Waals surface area contributed by atoms with E-state index in [-0.39, 0.29) is 6.04 Å². The van der Waals surface area contributed by atoms with Gasteiger partial charge in [-0.05, 0) is 58.6 Å². The second kappa shape index (κ2) is 6.23. The van der Waals surface area contributed by atoms with E-state index in [1.54, 1.807) is 13.4 Å². The summed E-state index contributed by atoms with van der Waals surface area (Å²) in [5.74, 6) is 7.31. The fourth-order valence-electron chi connectivity index (χ4n) is 2.04. The molecular formula is C14H17BrN2O2. The van der Waals surface area contributed by atoms with Gasteiger partial charge in [-0.1, -0.05) is 6.07 Å². The van der Waals surface area contributed by atoms with Gasteiger partial charge in [-0.2, -0.15) is 0 Å². The van der Waals surface area contributed by atoms with E-state index in [0.29, 0.717) is 0 Å². The molecule has 0 saturated heterocycles. The van der Waals surface area contributed by atoms with Crippen LogP contribution in [-0.2, 0) is 6.42 Å². The molecule has 1 atom stereocenters. The van der Waals surface area contributed by atoms with Crippen LogP contribution in [-0.4, -0.2) is 7.11 Å². The van der Waals surface area contributed by atoms with Crippen LogP contribution in [0, 0.1) is 6.92 Å². The molecule has 5 heteroatoms. The fourth-order valence-corrected chi connectivity index (χ4v) is 2.63. The molecule has 2 aromatic rings. The van der Waals surface area contributed by atoms with Crippen LogP contribution in [0.25, 0.3) is 0 Å². The first-order chi connectivity index (χ1) is 9.15. The Morgan fingerprint density at radius 2 is 2.21 bits per heavy atom. The number of methoxy groups -OCH3 is 1. The Morgan fingerprint density at radius 3 is 2.74 bits per heavy atom. The average molecular weight is 325 g/mol. The van der Waals surface area contributed by atoms with E-state index in [9.17, 15) is 0 Å². The smallest absolute Gasteiger partial charge is 0.133 e. The predicted molar refractivity (Wildman–Crippen MR) is 77.9 cm³/mol. The van der Waals surface area contributed by atoms with Gasteiger partial charge in [0.25, 0.3) is 0 Å². The van der Waals surface area contributed by atoms with Crippen LogP contribution in [0.2, 0.25) is 0 Å². The standard InChI is InChI=1S/C14H17BrN2O2/c1-9-5-6-19-14(9)12(17-16)8-10-3-4-13(18-2)11(15)7-10/h3-7,12,17H,8,16H2,1-2H3. The van der Waals surface area contributed by atoms with Crippen molar-refractivity contribution in [3.63, 3.8) is 0 Å². The van der Waals surface area contributed by atoms with Gasteiger partial charge in [-0.25, -0.2) is 5.43 Å². The van der Waals surface area contributed by atoms with Crippen molar-refractivity contribution in [2.75, 3.05) is 7.11 Å². The Labute approximate surface area is 121 Å². The molecule has 0 bridgehead atoms. The molecule has 3 N–H and O–H groups in total. The third-order valence-electron chi connectivity index (χ3n) is 3.08. The van der Waals surface area contributed by atoms with Crippen molar-refractivity contribution >= 4 is 15.9 Å². The molecule has 0 spiro atoms. The summed E-state index contributed by atoms with van der Waals surface area (Å²) in [5.41, 5.74) is 5.04. The summed E-state index contributed by atoms with van der Waals surface area (Å²) in [5, 5.41) is 0. The number of aryl methyl sites for hydroxylation is 1. The summed E-state index contributed by atoms with van der Waals surface area (Å²) in [7, 11) is 1.65. The summed E-state index contributed by atoms with van der Waals surface area (Å²) < 4.78 is 11.6. The molecule has 0 fully saturated rings. The van der Waals surface area contributed by atoms with Gasteiger partial charge >= 0.3 is 0 Å². The molecule has 4 nitrogen and oxygen atoms in total. The lowest BCUT2D eigenvalue weighted by atomic mass is 10.0. The van der Waals surface area contributed by atoms with Gasteiger partial charge in [0.2, 0.25) is 0 Å². The maximum absolute atomic E-state index is 5.63. The van der Waals surface area contributed by atoms with Crippen molar-refractivity contribution in [1.82, 2.24) is 5.43 Å². The molecule has 0 saturated carbocycles. The zero-order chi connectivity index (χ0) is 13.8. The van der Waals surface area contributed by atoms with E-state index in [4.69, 9.17) is 15.0 Å². The number of halogens is 1. The molecule has 1 heterocycles. The molecule has 0 radical (unpaired) electrons. The van der Waals surface area contributed by atoms with Crippen molar-refractivity contribution < 1.29 is 9.15 Å². The van der Waals surface area contributed by atoms with E-state index in [1.807, 2.05) is 31.2 Å². The molecule has 102 valence electrons. The second-order valence-electron chi connectivity index (χ2n) is 4.36. The van der Waals surface area contributed by atoms with Gasteiger partial charge in [-0.3, -0.25) is 5.84 Å². The zero-order valence-electron chi connectivity index (χ0n) is 10.9. The highest BCUT2D eigenvalue weighted by atomic mass is 79.9. The summed E-state index contributed by atoms with van der Waals surface area (Å²) in [6.07, 6.45) is 2.42. The maximum atomic E-state index is 5.63. The number of ether oxygens (including phenoxy) is 1. The minimum Gasteiger partial charge on any atom is -0.496 e. The number of nitrogens with one attached hydrogen (secondary N) is 1. The van der Waals surface area contributed by atoms with Crippen LogP contribution in [0.4, 0.5) is 0 Å². The lowest BCUT2D eigenvalue weighted by Gasteiger charge is -2.15. The van der Waals surface area contributed by atoms with Crippen molar-refractivity contribution in [3.05, 3.63) is 51.9 Å². The first kappa shape index (κ1) is 14.1. The average Bonchev–Trinajstić information content (AvgIpc) is 2.82. The van der Waals surface area contributed by atoms with Crippen LogP contribution in [0.3, 0.4) is 0 Å². The van der Waals surface area contributed by atoms with Gasteiger partial charge < -0.3 is 9.15 Å². The largest absolute Gasteiger partial charge is 0.496 e. The molecule has 0 aliphatic rings. The molecule has 2 rings (SSSR count). The third-order valence-corrected chi connectivity index (χ3v) is 3.70. The summed E-state index contributed by atoms with van der Waals surface area (Å²) in [6, 6.07) is 7.87. The Bertz CT molecular complexity index is 554. The van der Waals surface area contributed by atoms with Gasteiger partial charge in [0.15, 0.2) is 0 Å². The Kier molecular flexibility index (Phi) is 4.63.